The Labute approximate surface area is 107 Å². The lowest BCUT2D eigenvalue weighted by atomic mass is 10.0. The first kappa shape index (κ1) is 13.0. The molecule has 1 aromatic carbocycles. The fraction of sp³-hybridized carbons (Fsp3) is 0.500. The summed E-state index contributed by atoms with van der Waals surface area (Å²) < 4.78 is 13.8. The summed E-state index contributed by atoms with van der Waals surface area (Å²) in [7, 11) is 0. The van der Waals surface area contributed by atoms with Crippen LogP contribution in [0.5, 0.6) is 0 Å². The van der Waals surface area contributed by atoms with E-state index in [9.17, 15) is 9.18 Å². The van der Waals surface area contributed by atoms with Gasteiger partial charge in [0.15, 0.2) is 0 Å². The van der Waals surface area contributed by atoms with E-state index in [1.165, 1.54) is 6.07 Å². The Kier molecular flexibility index (Phi) is 3.97. The summed E-state index contributed by atoms with van der Waals surface area (Å²) >= 11 is 0. The van der Waals surface area contributed by atoms with Gasteiger partial charge in [0, 0.05) is 31.7 Å². The van der Waals surface area contributed by atoms with Gasteiger partial charge in [-0.1, -0.05) is 19.9 Å². The van der Waals surface area contributed by atoms with Crippen molar-refractivity contribution in [3.8, 4) is 0 Å². The molecule has 0 saturated carbocycles. The fourth-order valence-electron chi connectivity index (χ4n) is 2.18. The summed E-state index contributed by atoms with van der Waals surface area (Å²) in [6.45, 7) is 6.86. The smallest absolute Gasteiger partial charge is 0.254 e. The van der Waals surface area contributed by atoms with Crippen LogP contribution in [0.3, 0.4) is 0 Å². The minimum Gasteiger partial charge on any atom is -0.336 e. The number of hydrogen-bond acceptors (Lipinski definition) is 2. The van der Waals surface area contributed by atoms with Crippen LogP contribution >= 0.6 is 0 Å². The molecule has 1 aromatic rings. The summed E-state index contributed by atoms with van der Waals surface area (Å²) in [6.07, 6.45) is 0. The number of hydrogen-bond donors (Lipinski definition) is 1. The molecule has 98 valence electrons. The van der Waals surface area contributed by atoms with Crippen molar-refractivity contribution in [3.63, 3.8) is 0 Å². The molecule has 1 fully saturated rings. The third-order valence-corrected chi connectivity index (χ3v) is 3.27. The number of piperazine rings is 1. The van der Waals surface area contributed by atoms with Gasteiger partial charge in [-0.25, -0.2) is 4.39 Å². The van der Waals surface area contributed by atoms with E-state index >= 15 is 0 Å². The molecule has 0 radical (unpaired) electrons. The lowest BCUT2D eigenvalue weighted by molar-refractivity contribution is 0.0735. The minimum absolute atomic E-state index is 0.0780. The molecular formula is C14H19FN2O. The number of nitrogens with one attached hydrogen (secondary N) is 1. The van der Waals surface area contributed by atoms with E-state index in [1.54, 1.807) is 17.0 Å². The van der Waals surface area contributed by atoms with Gasteiger partial charge in [0.05, 0.1) is 0 Å². The zero-order valence-corrected chi connectivity index (χ0v) is 10.9. The van der Waals surface area contributed by atoms with Gasteiger partial charge in [0.2, 0.25) is 0 Å². The van der Waals surface area contributed by atoms with Gasteiger partial charge in [0.1, 0.15) is 5.82 Å². The van der Waals surface area contributed by atoms with Crippen molar-refractivity contribution in [1.29, 1.82) is 0 Å². The number of amides is 1. The fourth-order valence-corrected chi connectivity index (χ4v) is 2.18. The van der Waals surface area contributed by atoms with E-state index in [2.05, 4.69) is 5.32 Å². The third kappa shape index (κ3) is 2.70. The van der Waals surface area contributed by atoms with Gasteiger partial charge in [-0.2, -0.15) is 0 Å². The highest BCUT2D eigenvalue weighted by molar-refractivity contribution is 5.94. The van der Waals surface area contributed by atoms with E-state index < -0.39 is 0 Å². The molecule has 0 bridgehead atoms. The Morgan fingerprint density at radius 3 is 2.56 bits per heavy atom. The summed E-state index contributed by atoms with van der Waals surface area (Å²) in [5.41, 5.74) is 1.10. The molecule has 1 aliphatic rings. The van der Waals surface area contributed by atoms with Crippen LogP contribution in [-0.2, 0) is 0 Å². The maximum atomic E-state index is 13.8. The molecule has 18 heavy (non-hydrogen) atoms. The zero-order chi connectivity index (χ0) is 13.1. The van der Waals surface area contributed by atoms with Crippen LogP contribution in [-0.4, -0.2) is 37.0 Å². The third-order valence-electron chi connectivity index (χ3n) is 3.27. The lowest BCUT2D eigenvalue weighted by Gasteiger charge is -2.27. The molecule has 0 aromatic heterocycles. The molecule has 1 aliphatic heterocycles. The summed E-state index contributed by atoms with van der Waals surface area (Å²) in [4.78, 5) is 13.9. The predicted molar refractivity (Wildman–Crippen MR) is 69.3 cm³/mol. The van der Waals surface area contributed by atoms with E-state index in [0.29, 0.717) is 24.2 Å². The van der Waals surface area contributed by atoms with Crippen molar-refractivity contribution >= 4 is 5.91 Å². The number of carbonyl (C=O) groups is 1. The highest BCUT2D eigenvalue weighted by Crippen LogP contribution is 2.20. The molecule has 0 atom stereocenters. The van der Waals surface area contributed by atoms with Crippen molar-refractivity contribution in [2.75, 3.05) is 26.2 Å². The Balaban J connectivity index is 2.18. The number of rotatable bonds is 2. The average Bonchev–Trinajstić information content (AvgIpc) is 2.38. The second-order valence-corrected chi connectivity index (χ2v) is 4.93. The van der Waals surface area contributed by atoms with Crippen LogP contribution in [0.25, 0.3) is 0 Å². The molecule has 3 nitrogen and oxygen atoms in total. The Bertz CT molecular complexity index is 439. The molecule has 0 aliphatic carbocycles. The largest absolute Gasteiger partial charge is 0.336 e. The minimum atomic E-state index is -0.286. The Hall–Kier alpha value is -1.42. The standard InChI is InChI=1S/C14H19FN2O/c1-10(2)12-4-3-11(9-13(12)15)14(18)17-7-5-16-6-8-17/h3-4,9-10,16H,5-8H2,1-2H3. The number of carbonyl (C=O) groups excluding carboxylic acids is 1. The number of halogens is 1. The SMILES string of the molecule is CC(C)c1ccc(C(=O)N2CCNCC2)cc1F. The van der Waals surface area contributed by atoms with Crippen LogP contribution in [0.2, 0.25) is 0 Å². The summed E-state index contributed by atoms with van der Waals surface area (Å²) in [5, 5.41) is 3.19. The number of nitrogens with zero attached hydrogens (tertiary/aromatic N) is 1. The van der Waals surface area contributed by atoms with Crippen LogP contribution in [0.1, 0.15) is 35.7 Å². The van der Waals surface area contributed by atoms with Gasteiger partial charge >= 0.3 is 0 Å². The van der Waals surface area contributed by atoms with Crippen LogP contribution in [0.4, 0.5) is 4.39 Å². The molecule has 0 unspecified atom stereocenters. The molecule has 1 saturated heterocycles. The van der Waals surface area contributed by atoms with Gasteiger partial charge in [-0.15, -0.1) is 0 Å². The van der Waals surface area contributed by atoms with Gasteiger partial charge in [-0.05, 0) is 23.6 Å². The average molecular weight is 250 g/mol. The highest BCUT2D eigenvalue weighted by Gasteiger charge is 2.19. The quantitative estimate of drug-likeness (QED) is 0.870. The molecule has 1 amide bonds. The second-order valence-electron chi connectivity index (χ2n) is 4.93. The van der Waals surface area contributed by atoms with Gasteiger partial charge < -0.3 is 10.2 Å². The normalized spacial score (nSPS) is 16.1. The van der Waals surface area contributed by atoms with Crippen LogP contribution < -0.4 is 5.32 Å². The van der Waals surface area contributed by atoms with Crippen LogP contribution in [0, 0.1) is 5.82 Å². The van der Waals surface area contributed by atoms with Crippen molar-refractivity contribution in [1.82, 2.24) is 10.2 Å². The maximum absolute atomic E-state index is 13.8. The van der Waals surface area contributed by atoms with Crippen molar-refractivity contribution in [2.24, 2.45) is 0 Å². The monoisotopic (exact) mass is 250 g/mol. The molecule has 1 heterocycles. The predicted octanol–water partition coefficient (Wildman–Crippen LogP) is 1.99. The molecule has 4 heteroatoms. The van der Waals surface area contributed by atoms with Gasteiger partial charge in [-0.3, -0.25) is 4.79 Å². The van der Waals surface area contributed by atoms with E-state index in [0.717, 1.165) is 13.1 Å². The maximum Gasteiger partial charge on any atom is 0.254 e. The molecular weight excluding hydrogens is 231 g/mol. The van der Waals surface area contributed by atoms with Crippen molar-refractivity contribution in [2.45, 2.75) is 19.8 Å². The van der Waals surface area contributed by atoms with E-state index in [-0.39, 0.29) is 17.6 Å². The highest BCUT2D eigenvalue weighted by atomic mass is 19.1. The zero-order valence-electron chi connectivity index (χ0n) is 10.9. The first-order valence-electron chi connectivity index (χ1n) is 6.39. The molecule has 1 N–H and O–H groups in total. The van der Waals surface area contributed by atoms with Gasteiger partial charge in [0.25, 0.3) is 5.91 Å². The topological polar surface area (TPSA) is 32.3 Å². The van der Waals surface area contributed by atoms with Crippen molar-refractivity contribution in [3.05, 3.63) is 35.1 Å². The first-order valence-corrected chi connectivity index (χ1v) is 6.39. The molecule has 0 spiro atoms. The summed E-state index contributed by atoms with van der Waals surface area (Å²) in [6, 6.07) is 4.80. The molecule has 2 rings (SSSR count). The Morgan fingerprint density at radius 1 is 1.33 bits per heavy atom. The lowest BCUT2D eigenvalue weighted by Crippen LogP contribution is -2.46. The number of benzene rings is 1. The van der Waals surface area contributed by atoms with Crippen molar-refractivity contribution < 1.29 is 9.18 Å². The van der Waals surface area contributed by atoms with E-state index in [1.807, 2.05) is 13.8 Å². The van der Waals surface area contributed by atoms with E-state index in [4.69, 9.17) is 0 Å². The Morgan fingerprint density at radius 2 is 2.00 bits per heavy atom. The first-order chi connectivity index (χ1) is 8.59. The second kappa shape index (κ2) is 5.48. The van der Waals surface area contributed by atoms with Crippen LogP contribution in [0.15, 0.2) is 18.2 Å². The summed E-state index contributed by atoms with van der Waals surface area (Å²) in [5.74, 6) is -0.231.